The molecule has 1 aliphatic rings. The van der Waals surface area contributed by atoms with Gasteiger partial charge >= 0.3 is 0 Å². The van der Waals surface area contributed by atoms with Crippen LogP contribution in [-0.4, -0.2) is 9.97 Å². The van der Waals surface area contributed by atoms with Gasteiger partial charge in [-0.15, -0.1) is 0 Å². The Kier molecular flexibility index (Phi) is 7.81. The van der Waals surface area contributed by atoms with E-state index < -0.39 is 0 Å². The zero-order valence-electron chi connectivity index (χ0n) is 18.2. The van der Waals surface area contributed by atoms with Crippen molar-refractivity contribution in [2.24, 2.45) is 5.41 Å². The van der Waals surface area contributed by atoms with Crippen molar-refractivity contribution in [1.82, 2.24) is 9.97 Å². The average molecular weight is 390 g/mol. The summed E-state index contributed by atoms with van der Waals surface area (Å²) in [5.41, 5.74) is 3.63. The Hall–Kier alpha value is -2.21. The molecule has 3 heteroatoms. The fraction of sp³-hybridized carbons (Fsp3) is 0.577. The van der Waals surface area contributed by atoms with Crippen molar-refractivity contribution in [2.75, 3.05) is 0 Å². The predicted molar refractivity (Wildman–Crippen MR) is 119 cm³/mol. The molecule has 0 saturated heterocycles. The van der Waals surface area contributed by atoms with Crippen LogP contribution in [0.15, 0.2) is 36.7 Å². The molecule has 3 rings (SSSR count). The molecule has 0 aliphatic heterocycles. The van der Waals surface area contributed by atoms with Gasteiger partial charge in [-0.3, -0.25) is 0 Å². The van der Waals surface area contributed by atoms with Gasteiger partial charge in [-0.05, 0) is 62.0 Å². The van der Waals surface area contributed by atoms with E-state index in [0.29, 0.717) is 5.92 Å². The molecular weight excluding hydrogens is 354 g/mol. The van der Waals surface area contributed by atoms with Crippen LogP contribution in [0.2, 0.25) is 0 Å². The smallest absolute Gasteiger partial charge is 0.159 e. The molecule has 29 heavy (non-hydrogen) atoms. The first-order valence-corrected chi connectivity index (χ1v) is 11.5. The van der Waals surface area contributed by atoms with Crippen molar-refractivity contribution >= 4 is 0 Å². The summed E-state index contributed by atoms with van der Waals surface area (Å²) < 4.78 is 0. The number of aryl methyl sites for hydroxylation is 1. The summed E-state index contributed by atoms with van der Waals surface area (Å²) in [5.74, 6) is 1.39. The molecule has 0 bridgehead atoms. The molecule has 0 N–H and O–H groups in total. The molecule has 3 nitrogen and oxygen atoms in total. The lowest BCUT2D eigenvalue weighted by molar-refractivity contribution is 0.224. The van der Waals surface area contributed by atoms with E-state index in [9.17, 15) is 5.26 Å². The van der Waals surface area contributed by atoms with Crippen LogP contribution in [0.1, 0.15) is 95.1 Å². The fourth-order valence-corrected chi connectivity index (χ4v) is 4.55. The first kappa shape index (κ1) is 21.5. The van der Waals surface area contributed by atoms with Gasteiger partial charge in [0, 0.05) is 18.0 Å². The molecule has 0 atom stereocenters. The zero-order chi connectivity index (χ0) is 20.5. The van der Waals surface area contributed by atoms with E-state index in [1.165, 1.54) is 43.2 Å². The largest absolute Gasteiger partial charge is 0.236 e. The highest BCUT2D eigenvalue weighted by Crippen LogP contribution is 2.45. The van der Waals surface area contributed by atoms with E-state index in [2.05, 4.69) is 54.2 Å². The summed E-state index contributed by atoms with van der Waals surface area (Å²) >= 11 is 0. The minimum atomic E-state index is -0.0703. The van der Waals surface area contributed by atoms with E-state index in [4.69, 9.17) is 0 Å². The van der Waals surface area contributed by atoms with E-state index >= 15 is 0 Å². The quantitative estimate of drug-likeness (QED) is 0.425. The molecule has 1 heterocycles. The second-order valence-electron chi connectivity index (χ2n) is 8.76. The number of hydrogen-bond acceptors (Lipinski definition) is 3. The lowest BCUT2D eigenvalue weighted by Crippen LogP contribution is -2.25. The normalized spacial score (nSPS) is 21.6. The Morgan fingerprint density at radius 1 is 0.966 bits per heavy atom. The van der Waals surface area contributed by atoms with E-state index in [1.54, 1.807) is 0 Å². The minimum absolute atomic E-state index is 0.0703. The van der Waals surface area contributed by atoms with Gasteiger partial charge in [0.15, 0.2) is 5.82 Å². The predicted octanol–water partition coefficient (Wildman–Crippen LogP) is 7.23. The number of benzene rings is 1. The second kappa shape index (κ2) is 10.5. The van der Waals surface area contributed by atoms with Crippen LogP contribution in [0.25, 0.3) is 11.4 Å². The highest BCUT2D eigenvalue weighted by molar-refractivity contribution is 5.55. The summed E-state index contributed by atoms with van der Waals surface area (Å²) in [5, 5.41) is 9.70. The molecule has 1 fully saturated rings. The van der Waals surface area contributed by atoms with Gasteiger partial charge in [-0.1, -0.05) is 63.8 Å². The van der Waals surface area contributed by atoms with E-state index in [-0.39, 0.29) is 5.41 Å². The van der Waals surface area contributed by atoms with Crippen molar-refractivity contribution in [3.63, 3.8) is 0 Å². The number of unbranched alkanes of at least 4 members (excludes halogenated alkanes) is 3. The Bertz CT molecular complexity index is 778. The third kappa shape index (κ3) is 5.66. The van der Waals surface area contributed by atoms with Crippen LogP contribution >= 0.6 is 0 Å². The molecule has 1 aromatic carbocycles. The van der Waals surface area contributed by atoms with Crippen molar-refractivity contribution in [2.45, 2.75) is 90.4 Å². The van der Waals surface area contributed by atoms with Crippen LogP contribution in [0.4, 0.5) is 0 Å². The van der Waals surface area contributed by atoms with Gasteiger partial charge in [0.05, 0.1) is 11.5 Å². The molecular formula is C26H35N3. The lowest BCUT2D eigenvalue weighted by atomic mass is 9.67. The van der Waals surface area contributed by atoms with Crippen LogP contribution < -0.4 is 0 Å². The number of nitriles is 1. The van der Waals surface area contributed by atoms with Crippen LogP contribution in [0, 0.1) is 16.7 Å². The number of aromatic nitrogens is 2. The molecule has 0 amide bonds. The maximum absolute atomic E-state index is 9.70. The summed E-state index contributed by atoms with van der Waals surface area (Å²) in [6.07, 6.45) is 16.5. The van der Waals surface area contributed by atoms with Gasteiger partial charge in [0.2, 0.25) is 0 Å². The van der Waals surface area contributed by atoms with Gasteiger partial charge < -0.3 is 0 Å². The van der Waals surface area contributed by atoms with Crippen molar-refractivity contribution in [1.29, 1.82) is 5.26 Å². The van der Waals surface area contributed by atoms with Crippen LogP contribution in [0.3, 0.4) is 0 Å². The van der Waals surface area contributed by atoms with E-state index in [1.807, 2.05) is 12.4 Å². The topological polar surface area (TPSA) is 49.6 Å². The summed E-state index contributed by atoms with van der Waals surface area (Å²) in [4.78, 5) is 9.16. The number of rotatable bonds is 9. The van der Waals surface area contributed by atoms with Crippen LogP contribution in [0.5, 0.6) is 0 Å². The van der Waals surface area contributed by atoms with Crippen molar-refractivity contribution in [3.05, 3.63) is 47.8 Å². The van der Waals surface area contributed by atoms with Gasteiger partial charge in [0.1, 0.15) is 0 Å². The molecule has 0 radical (unpaired) electrons. The minimum Gasteiger partial charge on any atom is -0.236 e. The van der Waals surface area contributed by atoms with Gasteiger partial charge in [0.25, 0.3) is 0 Å². The maximum Gasteiger partial charge on any atom is 0.159 e. The lowest BCUT2D eigenvalue weighted by Gasteiger charge is -2.35. The Morgan fingerprint density at radius 2 is 1.62 bits per heavy atom. The summed E-state index contributed by atoms with van der Waals surface area (Å²) in [6.45, 7) is 4.44. The van der Waals surface area contributed by atoms with Crippen molar-refractivity contribution < 1.29 is 0 Å². The fourth-order valence-electron chi connectivity index (χ4n) is 4.55. The number of nitrogens with zero attached hydrogens (tertiary/aromatic N) is 3. The molecule has 154 valence electrons. The standard InChI is InChI=1S/C26H35N3/c1-3-5-7-8-21-18-28-25(29-19-21)24-11-9-22(10-12-24)23-13-16-26(20-27,17-14-23)15-6-4-2/h9-12,18-19,23H,3-8,13-17H2,1-2H3/t23-,26-. The third-order valence-electron chi connectivity index (χ3n) is 6.60. The van der Waals surface area contributed by atoms with Crippen LogP contribution in [-0.2, 0) is 6.42 Å². The van der Waals surface area contributed by atoms with Crippen molar-refractivity contribution in [3.8, 4) is 17.5 Å². The monoisotopic (exact) mass is 389 g/mol. The first-order valence-electron chi connectivity index (χ1n) is 11.5. The Balaban J connectivity index is 1.59. The summed E-state index contributed by atoms with van der Waals surface area (Å²) in [6, 6.07) is 11.5. The highest BCUT2D eigenvalue weighted by Gasteiger charge is 2.35. The molecule has 1 saturated carbocycles. The second-order valence-corrected chi connectivity index (χ2v) is 8.76. The Labute approximate surface area is 176 Å². The van der Waals surface area contributed by atoms with E-state index in [0.717, 1.165) is 49.9 Å². The zero-order valence-corrected chi connectivity index (χ0v) is 18.2. The average Bonchev–Trinajstić information content (AvgIpc) is 2.79. The first-order chi connectivity index (χ1) is 14.2. The number of hydrogen-bond donors (Lipinski definition) is 0. The molecule has 0 unspecified atom stereocenters. The van der Waals surface area contributed by atoms with Gasteiger partial charge in [-0.2, -0.15) is 5.26 Å². The molecule has 0 spiro atoms. The molecule has 1 aromatic heterocycles. The molecule has 1 aliphatic carbocycles. The van der Waals surface area contributed by atoms with Gasteiger partial charge in [-0.25, -0.2) is 9.97 Å². The third-order valence-corrected chi connectivity index (χ3v) is 6.60. The summed E-state index contributed by atoms with van der Waals surface area (Å²) in [7, 11) is 0. The maximum atomic E-state index is 9.70. The highest BCUT2D eigenvalue weighted by atomic mass is 14.9. The molecule has 2 aromatic rings. The Morgan fingerprint density at radius 3 is 2.21 bits per heavy atom. The SMILES string of the molecule is CCCCCc1cnc(-c2ccc([C@H]3CC[C@@](C#N)(CCCC)CC3)cc2)nc1.